The number of carbonyl (C=O) groups excluding carboxylic acids is 2. The second-order valence-corrected chi connectivity index (χ2v) is 11.6. The van der Waals surface area contributed by atoms with E-state index in [0.29, 0.717) is 52.4 Å². The van der Waals surface area contributed by atoms with Crippen LogP contribution >= 0.6 is 0 Å². The summed E-state index contributed by atoms with van der Waals surface area (Å²) in [5.74, 6) is -0.631. The molecule has 0 fully saturated rings. The molecule has 0 saturated heterocycles. The Bertz CT molecular complexity index is 576. The summed E-state index contributed by atoms with van der Waals surface area (Å²) in [5.41, 5.74) is -1.15. The van der Waals surface area contributed by atoms with Gasteiger partial charge in [-0.1, -0.05) is 0 Å². The molecule has 0 heterocycles. The van der Waals surface area contributed by atoms with Crippen LogP contribution in [-0.4, -0.2) is 73.7 Å². The molecular weight excluding hydrogens is 436 g/mol. The van der Waals surface area contributed by atoms with Crippen molar-refractivity contribution in [2.24, 2.45) is 0 Å². The molecule has 0 spiro atoms. The van der Waals surface area contributed by atoms with Gasteiger partial charge in [0.15, 0.2) is 0 Å². The van der Waals surface area contributed by atoms with Gasteiger partial charge >= 0.3 is 0 Å². The predicted molar refractivity (Wildman–Crippen MR) is 136 cm³/mol. The van der Waals surface area contributed by atoms with Gasteiger partial charge in [-0.25, -0.2) is 0 Å². The van der Waals surface area contributed by atoms with Crippen molar-refractivity contribution in [2.45, 2.75) is 104 Å². The van der Waals surface area contributed by atoms with Crippen molar-refractivity contribution in [1.29, 1.82) is 0 Å². The van der Waals surface area contributed by atoms with Crippen molar-refractivity contribution in [3.8, 4) is 0 Å². The van der Waals surface area contributed by atoms with Gasteiger partial charge in [0.05, 0.1) is 48.8 Å². The Morgan fingerprint density at radius 3 is 1.15 bits per heavy atom. The Balaban J connectivity index is 4.06. The average Bonchev–Trinajstić information content (AvgIpc) is 2.65. The highest BCUT2D eigenvalue weighted by molar-refractivity contribution is 5.96. The van der Waals surface area contributed by atoms with Crippen LogP contribution in [0, 0.1) is 0 Å². The fourth-order valence-electron chi connectivity index (χ4n) is 2.72. The Labute approximate surface area is 207 Å². The predicted octanol–water partition coefficient (Wildman–Crippen LogP) is 3.78. The molecule has 0 rings (SSSR count). The first-order valence-electron chi connectivity index (χ1n) is 12.2. The van der Waals surface area contributed by atoms with Gasteiger partial charge in [0.25, 0.3) is 0 Å². The van der Waals surface area contributed by atoms with Crippen molar-refractivity contribution < 1.29 is 28.5 Å². The SMILES string of the molecule is CC(C)(C)OCCOC(C)(C)CCNC(=O)/C=C/C(=O)NCCC(C)(C)OCCOC(C)(C)C. The molecule has 0 aromatic rings. The van der Waals surface area contributed by atoms with Gasteiger partial charge in [0.1, 0.15) is 0 Å². The standard InChI is InChI=1S/C26H50N2O6/c1-23(2,3)31-17-19-33-25(7,8)13-15-27-21(29)11-12-22(30)28-16-14-26(9,10)34-20-18-32-24(4,5)6/h11-12H,13-20H2,1-10H3,(H,27,29)(H,28,30)/b12-11+. The van der Waals surface area contributed by atoms with Crippen LogP contribution in [0.2, 0.25) is 0 Å². The van der Waals surface area contributed by atoms with E-state index in [1.807, 2.05) is 69.2 Å². The van der Waals surface area contributed by atoms with E-state index in [2.05, 4.69) is 10.6 Å². The van der Waals surface area contributed by atoms with Crippen LogP contribution in [0.4, 0.5) is 0 Å². The molecule has 2 amide bonds. The summed E-state index contributed by atoms with van der Waals surface area (Å²) < 4.78 is 23.0. The molecule has 0 aromatic carbocycles. The maximum atomic E-state index is 12.0. The van der Waals surface area contributed by atoms with Crippen LogP contribution in [0.5, 0.6) is 0 Å². The number of ether oxygens (including phenoxy) is 4. The van der Waals surface area contributed by atoms with E-state index in [1.165, 1.54) is 12.2 Å². The van der Waals surface area contributed by atoms with Gasteiger partial charge in [-0.05, 0) is 82.1 Å². The Hall–Kier alpha value is -1.48. The molecule has 0 unspecified atom stereocenters. The van der Waals surface area contributed by atoms with E-state index < -0.39 is 0 Å². The van der Waals surface area contributed by atoms with E-state index in [4.69, 9.17) is 18.9 Å². The molecule has 0 aliphatic rings. The highest BCUT2D eigenvalue weighted by atomic mass is 16.5. The zero-order valence-electron chi connectivity index (χ0n) is 23.3. The zero-order valence-corrected chi connectivity index (χ0v) is 23.3. The second-order valence-electron chi connectivity index (χ2n) is 11.6. The summed E-state index contributed by atoms with van der Waals surface area (Å²) in [4.78, 5) is 24.0. The molecule has 0 aromatic heterocycles. The van der Waals surface area contributed by atoms with Crippen molar-refractivity contribution in [2.75, 3.05) is 39.5 Å². The lowest BCUT2D eigenvalue weighted by Crippen LogP contribution is -2.34. The molecule has 0 saturated carbocycles. The Morgan fingerprint density at radius 1 is 0.559 bits per heavy atom. The zero-order chi connectivity index (χ0) is 26.5. The number of nitrogens with one attached hydrogen (secondary N) is 2. The molecule has 0 atom stereocenters. The number of hydrogen-bond acceptors (Lipinski definition) is 6. The summed E-state index contributed by atoms with van der Waals surface area (Å²) >= 11 is 0. The summed E-state index contributed by atoms with van der Waals surface area (Å²) in [7, 11) is 0. The summed E-state index contributed by atoms with van der Waals surface area (Å²) in [5, 5.41) is 5.56. The van der Waals surface area contributed by atoms with Gasteiger partial charge in [-0.15, -0.1) is 0 Å². The third-order valence-corrected chi connectivity index (χ3v) is 4.66. The van der Waals surface area contributed by atoms with E-state index in [9.17, 15) is 9.59 Å². The highest BCUT2D eigenvalue weighted by Gasteiger charge is 2.20. The number of rotatable bonds is 16. The first-order chi connectivity index (χ1) is 15.4. The van der Waals surface area contributed by atoms with E-state index in [-0.39, 0.29) is 34.2 Å². The third kappa shape index (κ3) is 21.1. The van der Waals surface area contributed by atoms with E-state index >= 15 is 0 Å². The monoisotopic (exact) mass is 486 g/mol. The van der Waals surface area contributed by atoms with Crippen LogP contribution in [-0.2, 0) is 28.5 Å². The van der Waals surface area contributed by atoms with E-state index in [0.717, 1.165) is 0 Å². The Kier molecular flexibility index (Phi) is 14.2. The van der Waals surface area contributed by atoms with Gasteiger partial charge in [-0.2, -0.15) is 0 Å². The fraction of sp³-hybridized carbons (Fsp3) is 0.846. The fourth-order valence-corrected chi connectivity index (χ4v) is 2.72. The topological polar surface area (TPSA) is 95.1 Å². The number of amides is 2. The molecule has 200 valence electrons. The number of carbonyl (C=O) groups is 2. The second kappa shape index (κ2) is 14.8. The molecule has 8 heteroatoms. The first-order valence-corrected chi connectivity index (χ1v) is 12.2. The lowest BCUT2D eigenvalue weighted by molar-refractivity contribution is -0.119. The minimum atomic E-state index is -0.386. The van der Waals surface area contributed by atoms with Gasteiger partial charge in [0.2, 0.25) is 11.8 Å². The lowest BCUT2D eigenvalue weighted by atomic mass is 10.1. The van der Waals surface area contributed by atoms with Crippen molar-refractivity contribution in [1.82, 2.24) is 10.6 Å². The normalized spacial score (nSPS) is 13.4. The van der Waals surface area contributed by atoms with E-state index in [1.54, 1.807) is 0 Å². The molecule has 2 N–H and O–H groups in total. The first kappa shape index (κ1) is 32.5. The molecule has 0 radical (unpaired) electrons. The maximum absolute atomic E-state index is 12.0. The Morgan fingerprint density at radius 2 is 0.853 bits per heavy atom. The summed E-state index contributed by atoms with van der Waals surface area (Å²) in [6, 6.07) is 0. The highest BCUT2D eigenvalue weighted by Crippen LogP contribution is 2.15. The van der Waals surface area contributed by atoms with Gasteiger partial charge in [-0.3, -0.25) is 9.59 Å². The van der Waals surface area contributed by atoms with Gasteiger partial charge in [0, 0.05) is 25.2 Å². The molecular formula is C26H50N2O6. The quantitative estimate of drug-likeness (QED) is 0.255. The third-order valence-electron chi connectivity index (χ3n) is 4.66. The smallest absolute Gasteiger partial charge is 0.244 e. The van der Waals surface area contributed by atoms with Crippen LogP contribution in [0.15, 0.2) is 12.2 Å². The summed E-state index contributed by atoms with van der Waals surface area (Å²) in [6.07, 6.45) is 3.77. The van der Waals surface area contributed by atoms with Crippen LogP contribution in [0.3, 0.4) is 0 Å². The van der Waals surface area contributed by atoms with Crippen LogP contribution in [0.25, 0.3) is 0 Å². The molecule has 0 bridgehead atoms. The minimum Gasteiger partial charge on any atom is -0.373 e. The minimum absolute atomic E-state index is 0.189. The van der Waals surface area contributed by atoms with Crippen molar-refractivity contribution in [3.63, 3.8) is 0 Å². The number of hydrogen-bond donors (Lipinski definition) is 2. The van der Waals surface area contributed by atoms with Gasteiger partial charge < -0.3 is 29.6 Å². The largest absolute Gasteiger partial charge is 0.373 e. The maximum Gasteiger partial charge on any atom is 0.244 e. The van der Waals surface area contributed by atoms with Crippen molar-refractivity contribution in [3.05, 3.63) is 12.2 Å². The molecule has 0 aliphatic heterocycles. The molecule has 8 nitrogen and oxygen atoms in total. The molecule has 34 heavy (non-hydrogen) atoms. The lowest BCUT2D eigenvalue weighted by Gasteiger charge is -2.27. The van der Waals surface area contributed by atoms with Crippen LogP contribution < -0.4 is 10.6 Å². The summed E-state index contributed by atoms with van der Waals surface area (Å²) in [6.45, 7) is 22.8. The van der Waals surface area contributed by atoms with Crippen LogP contribution in [0.1, 0.15) is 82.1 Å². The van der Waals surface area contributed by atoms with Crippen molar-refractivity contribution >= 4 is 11.8 Å². The molecule has 0 aliphatic carbocycles. The average molecular weight is 487 g/mol.